The largest absolute Gasteiger partial charge is 0.489 e. The Kier molecular flexibility index (Phi) is 27.3. The van der Waals surface area contributed by atoms with Crippen molar-refractivity contribution in [3.63, 3.8) is 0 Å². The summed E-state index contributed by atoms with van der Waals surface area (Å²) in [6, 6.07) is 36.9. The number of piperidine rings is 1. The molecular formula is C62H75N9O16. The van der Waals surface area contributed by atoms with Crippen LogP contribution in [0.1, 0.15) is 85.3 Å². The van der Waals surface area contributed by atoms with Gasteiger partial charge in [0.05, 0.1) is 0 Å². The van der Waals surface area contributed by atoms with Crippen molar-refractivity contribution in [2.75, 3.05) is 39.8 Å². The Morgan fingerprint density at radius 1 is 0.609 bits per heavy atom. The number of alkyl carbamates (subject to hydrolysis) is 2. The summed E-state index contributed by atoms with van der Waals surface area (Å²) in [6.45, 7) is -0.889. The smallest absolute Gasteiger partial charge is 0.410 e. The first-order valence-corrected chi connectivity index (χ1v) is 28.5. The lowest BCUT2D eigenvalue weighted by Crippen LogP contribution is -2.58. The first-order chi connectivity index (χ1) is 42.1. The van der Waals surface area contributed by atoms with Crippen LogP contribution in [0.5, 0.6) is 5.75 Å². The molecule has 87 heavy (non-hydrogen) atoms. The van der Waals surface area contributed by atoms with Crippen molar-refractivity contribution in [1.29, 1.82) is 0 Å². The second kappa shape index (κ2) is 35.6. The average Bonchev–Trinajstić information content (AvgIpc) is 3.74. The minimum absolute atomic E-state index is 0.0115. The molecule has 464 valence electrons. The molecule has 0 saturated carbocycles. The maximum atomic E-state index is 14.3. The summed E-state index contributed by atoms with van der Waals surface area (Å²) in [5, 5.41) is 48.8. The van der Waals surface area contributed by atoms with Crippen LogP contribution < -0.4 is 36.6 Å². The zero-order valence-electron chi connectivity index (χ0n) is 48.3. The van der Waals surface area contributed by atoms with Gasteiger partial charge in [-0.1, -0.05) is 140 Å². The van der Waals surface area contributed by atoms with Gasteiger partial charge in [-0.3, -0.25) is 44.1 Å². The van der Waals surface area contributed by atoms with E-state index >= 15 is 0 Å². The molecule has 0 bridgehead atoms. The number of aliphatic hydroxyl groups is 1. The van der Waals surface area contributed by atoms with Crippen molar-refractivity contribution in [3.05, 3.63) is 173 Å². The molecule has 1 heterocycles. The third-order valence-electron chi connectivity index (χ3n) is 13.8. The number of likely N-dealkylation sites (N-methyl/N-ethyl adjacent to an activating group) is 1. The lowest BCUT2D eigenvalue weighted by Gasteiger charge is -2.31. The van der Waals surface area contributed by atoms with Gasteiger partial charge in [-0.05, 0) is 66.8 Å². The molecular weight excluding hydrogens is 1130 g/mol. The maximum Gasteiger partial charge on any atom is 0.410 e. The van der Waals surface area contributed by atoms with Crippen LogP contribution in [0, 0.1) is 0 Å². The van der Waals surface area contributed by atoms with Crippen LogP contribution in [-0.4, -0.2) is 148 Å². The number of carbonyl (C=O) groups excluding carboxylic acids is 9. The first-order valence-electron chi connectivity index (χ1n) is 28.5. The lowest BCUT2D eigenvalue weighted by molar-refractivity contribution is -0.173. The van der Waals surface area contributed by atoms with Gasteiger partial charge in [0.25, 0.3) is 5.91 Å². The maximum absolute atomic E-state index is 14.3. The number of nitrogens with zero attached hydrogens (tertiary/aromatic N) is 3. The highest BCUT2D eigenvalue weighted by atomic mass is 16.6. The molecule has 1 saturated heterocycles. The van der Waals surface area contributed by atoms with Crippen molar-refractivity contribution in [2.24, 2.45) is 0 Å². The molecule has 0 aliphatic carbocycles. The summed E-state index contributed by atoms with van der Waals surface area (Å²) in [5.74, 6) is -4.37. The van der Waals surface area contributed by atoms with E-state index in [4.69, 9.17) is 18.9 Å². The van der Waals surface area contributed by atoms with Gasteiger partial charge in [-0.15, -0.1) is 0 Å². The Hall–Kier alpha value is -9.59. The normalized spacial score (nSPS) is 14.1. The highest BCUT2D eigenvalue weighted by molar-refractivity contribution is 5.94. The quantitative estimate of drug-likeness (QED) is 0.0119. The number of rotatable bonds is 32. The topological polar surface area (TPSA) is 333 Å². The summed E-state index contributed by atoms with van der Waals surface area (Å²) in [4.78, 5) is 121. The highest BCUT2D eigenvalue weighted by Gasteiger charge is 2.36. The third-order valence-corrected chi connectivity index (χ3v) is 13.8. The van der Waals surface area contributed by atoms with Crippen LogP contribution in [-0.2, 0) is 69.4 Å². The van der Waals surface area contributed by atoms with Gasteiger partial charge in [-0.25, -0.2) is 24.5 Å². The summed E-state index contributed by atoms with van der Waals surface area (Å²) >= 11 is 0. The van der Waals surface area contributed by atoms with E-state index in [9.17, 15) is 58.7 Å². The number of aliphatic hydroxyl groups excluding tert-OH is 1. The van der Waals surface area contributed by atoms with Gasteiger partial charge >= 0.3 is 18.3 Å². The SMILES string of the molecule is CN(C(=O)OCc1ccccc1)[C@@H](CCCN(O)C(=O)CCNC(=O)CCNC(=O)[C@@H](NC(=O)OCc1ccccc1)[C@H](O)c1ccccc1OCc1ccccc1)C(=O)N[C@@H](CCCNC(=O)OCc1ccccc1)C(=O)N[C@H]1CCCN(O)C1=O. The van der Waals surface area contributed by atoms with E-state index in [0.29, 0.717) is 27.7 Å². The Morgan fingerprint density at radius 2 is 1.16 bits per heavy atom. The molecule has 25 heteroatoms. The summed E-state index contributed by atoms with van der Waals surface area (Å²) in [7, 11) is 1.30. The van der Waals surface area contributed by atoms with Gasteiger partial charge in [0, 0.05) is 58.2 Å². The van der Waals surface area contributed by atoms with Crippen LogP contribution in [0.25, 0.3) is 0 Å². The van der Waals surface area contributed by atoms with E-state index in [-0.39, 0.29) is 115 Å². The number of hydroxylamine groups is 4. The molecule has 5 aromatic rings. The number of carbonyl (C=O) groups is 9. The van der Waals surface area contributed by atoms with Crippen LogP contribution >= 0.6 is 0 Å². The van der Waals surface area contributed by atoms with E-state index in [2.05, 4.69) is 31.9 Å². The molecule has 5 atom stereocenters. The van der Waals surface area contributed by atoms with Crippen molar-refractivity contribution in [1.82, 2.24) is 46.9 Å². The lowest BCUT2D eigenvalue weighted by atomic mass is 10.0. The third kappa shape index (κ3) is 22.7. The molecule has 0 unspecified atom stereocenters. The van der Waals surface area contributed by atoms with E-state index in [0.717, 1.165) is 16.0 Å². The molecule has 9 N–H and O–H groups in total. The fourth-order valence-electron chi connectivity index (χ4n) is 8.97. The van der Waals surface area contributed by atoms with Gasteiger partial charge in [0.2, 0.25) is 29.5 Å². The molecule has 0 spiro atoms. The Labute approximate surface area is 503 Å². The molecule has 9 amide bonds. The highest BCUT2D eigenvalue weighted by Crippen LogP contribution is 2.29. The molecule has 25 nitrogen and oxygen atoms in total. The molecule has 5 aromatic carbocycles. The second-order valence-corrected chi connectivity index (χ2v) is 20.3. The van der Waals surface area contributed by atoms with Gasteiger partial charge < -0.3 is 56.0 Å². The minimum atomic E-state index is -1.65. The van der Waals surface area contributed by atoms with Crippen molar-refractivity contribution >= 4 is 53.7 Å². The fourth-order valence-corrected chi connectivity index (χ4v) is 8.97. The number of hydrogen-bond acceptors (Lipinski definition) is 16. The van der Waals surface area contributed by atoms with Crippen LogP contribution in [0.15, 0.2) is 146 Å². The molecule has 0 radical (unpaired) electrons. The van der Waals surface area contributed by atoms with Gasteiger partial charge in [-0.2, -0.15) is 0 Å². The van der Waals surface area contributed by atoms with Gasteiger partial charge in [0.1, 0.15) is 62.4 Å². The van der Waals surface area contributed by atoms with E-state index in [1.165, 1.54) is 7.05 Å². The molecule has 6 rings (SSSR count). The summed E-state index contributed by atoms with van der Waals surface area (Å²) in [5.41, 5.74) is 3.13. The number of hydrogen-bond donors (Lipinski definition) is 9. The number of benzene rings is 5. The van der Waals surface area contributed by atoms with Gasteiger partial charge in [0.15, 0.2) is 0 Å². The molecule has 1 aliphatic rings. The number of para-hydroxylation sites is 1. The minimum Gasteiger partial charge on any atom is -0.489 e. The second-order valence-electron chi connectivity index (χ2n) is 20.3. The molecule has 0 aromatic heterocycles. The van der Waals surface area contributed by atoms with Crippen molar-refractivity contribution in [2.45, 2.75) is 108 Å². The summed E-state index contributed by atoms with van der Waals surface area (Å²) in [6.07, 6.45) is -4.59. The predicted molar refractivity (Wildman–Crippen MR) is 312 cm³/mol. The zero-order chi connectivity index (χ0) is 62.3. The van der Waals surface area contributed by atoms with E-state index < -0.39 is 84.0 Å². The van der Waals surface area contributed by atoms with Crippen LogP contribution in [0.2, 0.25) is 0 Å². The van der Waals surface area contributed by atoms with E-state index in [1.807, 2.05) is 36.4 Å². The Balaban J connectivity index is 1.02. The monoisotopic (exact) mass is 1200 g/mol. The van der Waals surface area contributed by atoms with Crippen LogP contribution in [0.3, 0.4) is 0 Å². The number of nitrogens with one attached hydrogen (secondary N) is 6. The number of ether oxygens (including phenoxy) is 4. The number of amides is 9. The Bertz CT molecular complexity index is 3020. The average molecular weight is 1200 g/mol. The standard InChI is InChI=1S/C62H75N9O16/c1-69(62(81)87-42-46-25-12-5-13-26-46)50(57(76)66-48(56(75)67-49-29-17-38-71(83)59(49)78)28-16-34-65-60(79)85-40-44-21-8-3-9-22-44)30-18-37-70(82)53(73)33-36-63-52(72)32-35-64-58(77)54(68-61(80)86-41-45-23-10-4-11-24-45)55(74)47-27-14-15-31-51(47)84-39-43-19-6-2-7-20-43/h2-15,19-27,31,48-50,54-55,74,82-83H,16-18,28-30,32-42H2,1H3,(H,63,72)(H,64,77)(H,65,79)(H,66,76)(H,67,75)(H,68,80)/t48-,49-,50-,54-,55+/m0/s1. The van der Waals surface area contributed by atoms with Crippen molar-refractivity contribution in [3.8, 4) is 5.75 Å². The first kappa shape index (κ1) is 66.5. The fraction of sp³-hybridized carbons (Fsp3) is 0.371. The van der Waals surface area contributed by atoms with Crippen molar-refractivity contribution < 1.29 is 77.6 Å². The predicted octanol–water partition coefficient (Wildman–Crippen LogP) is 4.93. The summed E-state index contributed by atoms with van der Waals surface area (Å²) < 4.78 is 22.1. The zero-order valence-corrected chi connectivity index (χ0v) is 48.3. The molecule has 1 aliphatic heterocycles. The van der Waals surface area contributed by atoms with Crippen LogP contribution in [0.4, 0.5) is 14.4 Å². The molecule has 1 fully saturated rings. The van der Waals surface area contributed by atoms with E-state index in [1.54, 1.807) is 109 Å². The Morgan fingerprint density at radius 3 is 1.78 bits per heavy atom.